The van der Waals surface area contributed by atoms with Crippen molar-refractivity contribution in [1.82, 2.24) is 9.80 Å². The zero-order valence-electron chi connectivity index (χ0n) is 15.7. The highest BCUT2D eigenvalue weighted by Gasteiger charge is 2.28. The molecule has 1 saturated heterocycles. The van der Waals surface area contributed by atoms with E-state index in [1.54, 1.807) is 0 Å². The van der Waals surface area contributed by atoms with Crippen LogP contribution in [0.25, 0.3) is 6.08 Å². The first kappa shape index (κ1) is 19.5. The minimum Gasteiger partial charge on any atom is -0.490 e. The SMILES string of the molecule is CC(C)Oc1ccccc1/C=C1\SC(N2CCN(CCC#N)CC2)=NC1=O. The lowest BCUT2D eigenvalue weighted by Gasteiger charge is -2.34. The number of amidine groups is 1. The third kappa shape index (κ3) is 5.12. The van der Waals surface area contributed by atoms with E-state index < -0.39 is 0 Å². The van der Waals surface area contributed by atoms with Crippen LogP contribution in [0.15, 0.2) is 34.2 Å². The number of carbonyl (C=O) groups is 1. The van der Waals surface area contributed by atoms with Gasteiger partial charge in [-0.15, -0.1) is 0 Å². The van der Waals surface area contributed by atoms with E-state index >= 15 is 0 Å². The van der Waals surface area contributed by atoms with Crippen LogP contribution in [0.5, 0.6) is 5.75 Å². The molecule has 0 saturated carbocycles. The number of piperazine rings is 1. The zero-order valence-corrected chi connectivity index (χ0v) is 16.5. The summed E-state index contributed by atoms with van der Waals surface area (Å²) < 4.78 is 5.84. The number of thioether (sulfide) groups is 1. The third-order valence-electron chi connectivity index (χ3n) is 4.36. The molecular formula is C20H24N4O2S. The third-order valence-corrected chi connectivity index (χ3v) is 5.40. The number of nitriles is 1. The number of nitrogens with zero attached hydrogens (tertiary/aromatic N) is 4. The molecule has 0 aliphatic carbocycles. The van der Waals surface area contributed by atoms with Gasteiger partial charge < -0.3 is 9.64 Å². The first-order valence-corrected chi connectivity index (χ1v) is 10.0. The van der Waals surface area contributed by atoms with Gasteiger partial charge in [-0.2, -0.15) is 10.3 Å². The average Bonchev–Trinajstić information content (AvgIpc) is 3.02. The molecule has 0 unspecified atom stereocenters. The maximum absolute atomic E-state index is 12.4. The van der Waals surface area contributed by atoms with E-state index in [0.717, 1.165) is 49.2 Å². The van der Waals surface area contributed by atoms with Gasteiger partial charge in [-0.25, -0.2) is 0 Å². The number of carbonyl (C=O) groups excluding carboxylic acids is 1. The summed E-state index contributed by atoms with van der Waals surface area (Å²) in [7, 11) is 0. The van der Waals surface area contributed by atoms with Crippen molar-refractivity contribution in [3.63, 3.8) is 0 Å². The van der Waals surface area contributed by atoms with Gasteiger partial charge in [-0.05, 0) is 37.8 Å². The van der Waals surface area contributed by atoms with E-state index in [9.17, 15) is 4.79 Å². The fourth-order valence-electron chi connectivity index (χ4n) is 3.01. The van der Waals surface area contributed by atoms with Crippen molar-refractivity contribution >= 4 is 28.9 Å². The lowest BCUT2D eigenvalue weighted by molar-refractivity contribution is -0.113. The van der Waals surface area contributed by atoms with Crippen LogP contribution in [-0.2, 0) is 4.79 Å². The van der Waals surface area contributed by atoms with Gasteiger partial charge in [-0.1, -0.05) is 18.2 Å². The van der Waals surface area contributed by atoms with Gasteiger partial charge in [0.25, 0.3) is 5.91 Å². The van der Waals surface area contributed by atoms with Crippen LogP contribution in [0, 0.1) is 11.3 Å². The second-order valence-electron chi connectivity index (χ2n) is 6.75. The summed E-state index contributed by atoms with van der Waals surface area (Å²) in [5.41, 5.74) is 0.889. The summed E-state index contributed by atoms with van der Waals surface area (Å²) in [5, 5.41) is 9.48. The summed E-state index contributed by atoms with van der Waals surface area (Å²) in [5.74, 6) is 0.578. The molecule has 3 rings (SSSR count). The van der Waals surface area contributed by atoms with Gasteiger partial charge in [0.05, 0.1) is 17.1 Å². The molecule has 2 aliphatic heterocycles. The Kier molecular flexibility index (Phi) is 6.54. The van der Waals surface area contributed by atoms with E-state index in [2.05, 4.69) is 20.9 Å². The monoisotopic (exact) mass is 384 g/mol. The van der Waals surface area contributed by atoms with Crippen molar-refractivity contribution < 1.29 is 9.53 Å². The molecule has 1 aromatic carbocycles. The quantitative estimate of drug-likeness (QED) is 0.727. The number of rotatable bonds is 5. The van der Waals surface area contributed by atoms with Crippen LogP contribution in [0.1, 0.15) is 25.8 Å². The Hall–Kier alpha value is -2.30. The number of ether oxygens (including phenoxy) is 1. The Labute approximate surface area is 164 Å². The van der Waals surface area contributed by atoms with E-state index in [1.807, 2.05) is 44.2 Å². The second kappa shape index (κ2) is 9.07. The Morgan fingerprint density at radius 2 is 2.04 bits per heavy atom. The summed E-state index contributed by atoms with van der Waals surface area (Å²) >= 11 is 1.43. The van der Waals surface area contributed by atoms with Crippen molar-refractivity contribution in [3.05, 3.63) is 34.7 Å². The molecule has 1 fully saturated rings. The second-order valence-corrected chi connectivity index (χ2v) is 7.76. The number of para-hydroxylation sites is 1. The largest absolute Gasteiger partial charge is 0.490 e. The molecule has 7 heteroatoms. The Balaban J connectivity index is 1.65. The number of hydrogen-bond acceptors (Lipinski definition) is 6. The van der Waals surface area contributed by atoms with Gasteiger partial charge >= 0.3 is 0 Å². The molecule has 0 atom stereocenters. The van der Waals surface area contributed by atoms with Crippen molar-refractivity contribution in [2.24, 2.45) is 4.99 Å². The van der Waals surface area contributed by atoms with Crippen LogP contribution >= 0.6 is 11.8 Å². The predicted octanol–water partition coefficient (Wildman–Crippen LogP) is 2.98. The number of hydrogen-bond donors (Lipinski definition) is 0. The Bertz CT molecular complexity index is 789. The summed E-state index contributed by atoms with van der Waals surface area (Å²) in [6.45, 7) is 8.20. The number of aliphatic imine (C=N–C) groups is 1. The molecule has 0 N–H and O–H groups in total. The minimum absolute atomic E-state index is 0.0700. The van der Waals surface area contributed by atoms with Crippen LogP contribution in [0.4, 0.5) is 0 Å². The molecule has 1 amide bonds. The number of benzene rings is 1. The minimum atomic E-state index is -0.193. The van der Waals surface area contributed by atoms with E-state index in [-0.39, 0.29) is 12.0 Å². The highest BCUT2D eigenvalue weighted by molar-refractivity contribution is 8.18. The molecular weight excluding hydrogens is 360 g/mol. The van der Waals surface area contributed by atoms with Crippen LogP contribution in [-0.4, -0.2) is 59.7 Å². The maximum Gasteiger partial charge on any atom is 0.286 e. The van der Waals surface area contributed by atoms with Crippen LogP contribution in [0.3, 0.4) is 0 Å². The maximum atomic E-state index is 12.4. The van der Waals surface area contributed by atoms with Crippen LogP contribution < -0.4 is 4.74 Å². The fraction of sp³-hybridized carbons (Fsp3) is 0.450. The Morgan fingerprint density at radius 1 is 1.30 bits per heavy atom. The molecule has 0 radical (unpaired) electrons. The molecule has 0 bridgehead atoms. The summed E-state index contributed by atoms with van der Waals surface area (Å²) in [4.78, 5) is 21.7. The van der Waals surface area contributed by atoms with E-state index in [1.165, 1.54) is 11.8 Å². The van der Waals surface area contributed by atoms with E-state index in [4.69, 9.17) is 10.00 Å². The van der Waals surface area contributed by atoms with Crippen molar-refractivity contribution in [1.29, 1.82) is 5.26 Å². The molecule has 142 valence electrons. The predicted molar refractivity (Wildman–Crippen MR) is 108 cm³/mol. The first-order valence-electron chi connectivity index (χ1n) is 9.19. The molecule has 27 heavy (non-hydrogen) atoms. The highest BCUT2D eigenvalue weighted by atomic mass is 32.2. The molecule has 0 spiro atoms. The summed E-state index contributed by atoms with van der Waals surface area (Å²) in [6, 6.07) is 9.92. The zero-order chi connectivity index (χ0) is 19.2. The first-order chi connectivity index (χ1) is 13.1. The molecule has 2 aliphatic rings. The van der Waals surface area contributed by atoms with Crippen LogP contribution in [0.2, 0.25) is 0 Å². The average molecular weight is 385 g/mol. The van der Waals surface area contributed by atoms with Crippen molar-refractivity contribution in [2.45, 2.75) is 26.4 Å². The standard InChI is InChI=1S/C20H24N4O2S/c1-15(2)26-17-7-4-3-6-16(17)14-18-19(25)22-20(27-18)24-12-10-23(11-13-24)9-5-8-21/h3-4,6-7,14-15H,5,9-13H2,1-2H3/b18-14-. The lowest BCUT2D eigenvalue weighted by atomic mass is 10.2. The number of amides is 1. The van der Waals surface area contributed by atoms with Gasteiger partial charge in [0, 0.05) is 44.7 Å². The topological polar surface area (TPSA) is 68.9 Å². The van der Waals surface area contributed by atoms with E-state index in [0.29, 0.717) is 11.3 Å². The normalized spacial score (nSPS) is 19.5. The van der Waals surface area contributed by atoms with Gasteiger partial charge in [0.2, 0.25) is 0 Å². The smallest absolute Gasteiger partial charge is 0.286 e. The van der Waals surface area contributed by atoms with Crippen molar-refractivity contribution in [3.8, 4) is 11.8 Å². The van der Waals surface area contributed by atoms with Gasteiger partial charge in [-0.3, -0.25) is 9.69 Å². The summed E-state index contributed by atoms with van der Waals surface area (Å²) in [6.07, 6.45) is 2.49. The highest BCUT2D eigenvalue weighted by Crippen LogP contribution is 2.32. The van der Waals surface area contributed by atoms with Crippen molar-refractivity contribution in [2.75, 3.05) is 32.7 Å². The molecule has 1 aromatic rings. The molecule has 0 aromatic heterocycles. The Morgan fingerprint density at radius 3 is 2.74 bits per heavy atom. The lowest BCUT2D eigenvalue weighted by Crippen LogP contribution is -2.47. The molecule has 2 heterocycles. The molecule has 6 nitrogen and oxygen atoms in total. The fourth-order valence-corrected chi connectivity index (χ4v) is 3.96. The van der Waals surface area contributed by atoms with Gasteiger partial charge in [0.1, 0.15) is 5.75 Å². The van der Waals surface area contributed by atoms with Gasteiger partial charge in [0.15, 0.2) is 5.17 Å².